The molecule has 0 radical (unpaired) electrons. The monoisotopic (exact) mass is 357 g/mol. The van der Waals surface area contributed by atoms with Gasteiger partial charge in [-0.15, -0.1) is 0 Å². The Morgan fingerprint density at radius 1 is 1.27 bits per heavy atom. The van der Waals surface area contributed by atoms with Crippen molar-refractivity contribution in [2.75, 3.05) is 36.8 Å². The number of pyridine rings is 1. The summed E-state index contributed by atoms with van der Waals surface area (Å²) in [6.07, 6.45) is 3.11. The zero-order valence-electron chi connectivity index (χ0n) is 15.5. The van der Waals surface area contributed by atoms with E-state index in [2.05, 4.69) is 36.0 Å². The van der Waals surface area contributed by atoms with Gasteiger partial charge in [-0.05, 0) is 50.2 Å². The first kappa shape index (κ1) is 17.0. The summed E-state index contributed by atoms with van der Waals surface area (Å²) in [4.78, 5) is 15.2. The van der Waals surface area contributed by atoms with Gasteiger partial charge in [0.15, 0.2) is 0 Å². The lowest BCUT2D eigenvalue weighted by Crippen LogP contribution is -2.42. The van der Waals surface area contributed by atoms with Crippen LogP contribution in [0.25, 0.3) is 5.52 Å². The summed E-state index contributed by atoms with van der Waals surface area (Å²) in [6, 6.07) is 4.32. The number of aryl methyl sites for hydroxylation is 2. The zero-order chi connectivity index (χ0) is 18.5. The van der Waals surface area contributed by atoms with Gasteiger partial charge in [0.2, 0.25) is 0 Å². The number of hydrogen-bond donors (Lipinski definition) is 2. The standard InChI is InChI=1S/C19H27N5O2/c1-3-15-17(20)16-11-14(10-13(2)24(16)21-15)22-7-4-19(5-8-22)6-9-23(12-19)18(25)26/h10-11H,3-9,12,20H2,1-2H3,(H,25,26). The maximum absolute atomic E-state index is 11.2. The van der Waals surface area contributed by atoms with E-state index in [4.69, 9.17) is 5.73 Å². The number of nitrogens with two attached hydrogens (primary N) is 1. The third-order valence-corrected chi connectivity index (χ3v) is 6.24. The molecule has 2 saturated heterocycles. The number of carboxylic acid groups (broad SMARTS) is 1. The molecule has 0 aliphatic carbocycles. The van der Waals surface area contributed by atoms with Crippen molar-refractivity contribution in [1.82, 2.24) is 14.5 Å². The number of amides is 1. The van der Waals surface area contributed by atoms with Crippen LogP contribution in [0.1, 0.15) is 37.6 Å². The molecule has 0 aromatic carbocycles. The fourth-order valence-electron chi connectivity index (χ4n) is 4.54. The first-order valence-corrected chi connectivity index (χ1v) is 9.43. The third-order valence-electron chi connectivity index (χ3n) is 6.24. The Bertz CT molecular complexity index is 851. The average Bonchev–Trinajstić information content (AvgIpc) is 3.18. The van der Waals surface area contributed by atoms with Crippen molar-refractivity contribution in [3.8, 4) is 0 Å². The SMILES string of the molecule is CCc1nn2c(C)cc(N3CCC4(CCN(C(=O)O)C4)CC3)cc2c1N. The van der Waals surface area contributed by atoms with Crippen LogP contribution in [-0.4, -0.2) is 51.9 Å². The summed E-state index contributed by atoms with van der Waals surface area (Å²) in [7, 11) is 0. The molecule has 2 aliphatic rings. The minimum absolute atomic E-state index is 0.166. The lowest BCUT2D eigenvalue weighted by atomic mass is 9.77. The molecule has 2 aliphatic heterocycles. The number of piperidine rings is 1. The van der Waals surface area contributed by atoms with Gasteiger partial charge >= 0.3 is 6.09 Å². The summed E-state index contributed by atoms with van der Waals surface area (Å²) in [5, 5.41) is 13.8. The summed E-state index contributed by atoms with van der Waals surface area (Å²) in [6.45, 7) is 7.40. The molecule has 2 fully saturated rings. The smallest absolute Gasteiger partial charge is 0.407 e. The Morgan fingerprint density at radius 3 is 2.58 bits per heavy atom. The molecule has 7 heteroatoms. The molecule has 140 valence electrons. The second-order valence-electron chi connectivity index (χ2n) is 7.81. The number of aromatic nitrogens is 2. The summed E-state index contributed by atoms with van der Waals surface area (Å²) >= 11 is 0. The van der Waals surface area contributed by atoms with Gasteiger partial charge in [-0.1, -0.05) is 6.92 Å². The molecule has 4 rings (SSSR count). The van der Waals surface area contributed by atoms with E-state index >= 15 is 0 Å². The van der Waals surface area contributed by atoms with E-state index in [0.717, 1.165) is 61.4 Å². The molecule has 0 unspecified atom stereocenters. The molecule has 7 nitrogen and oxygen atoms in total. The summed E-state index contributed by atoms with van der Waals surface area (Å²) in [5.41, 5.74) is 11.4. The lowest BCUT2D eigenvalue weighted by Gasteiger charge is -2.40. The van der Waals surface area contributed by atoms with Crippen LogP contribution in [0.15, 0.2) is 12.1 Å². The van der Waals surface area contributed by atoms with Gasteiger partial charge in [0.25, 0.3) is 0 Å². The quantitative estimate of drug-likeness (QED) is 0.863. The summed E-state index contributed by atoms with van der Waals surface area (Å²) in [5.74, 6) is 0. The number of rotatable bonds is 2. The van der Waals surface area contributed by atoms with Crippen LogP contribution in [0.5, 0.6) is 0 Å². The van der Waals surface area contributed by atoms with Gasteiger partial charge in [0.1, 0.15) is 0 Å². The minimum atomic E-state index is -0.784. The van der Waals surface area contributed by atoms with Crippen LogP contribution in [0, 0.1) is 12.3 Å². The van der Waals surface area contributed by atoms with Gasteiger partial charge in [-0.3, -0.25) is 0 Å². The van der Waals surface area contributed by atoms with Crippen LogP contribution in [0.4, 0.5) is 16.2 Å². The second kappa shape index (κ2) is 6.07. The van der Waals surface area contributed by atoms with Crippen molar-refractivity contribution in [1.29, 1.82) is 0 Å². The molecule has 26 heavy (non-hydrogen) atoms. The van der Waals surface area contributed by atoms with Gasteiger partial charge in [-0.25, -0.2) is 9.31 Å². The molecular weight excluding hydrogens is 330 g/mol. The van der Waals surface area contributed by atoms with Crippen LogP contribution in [0.3, 0.4) is 0 Å². The predicted octanol–water partition coefficient (Wildman–Crippen LogP) is 2.76. The van der Waals surface area contributed by atoms with Crippen molar-refractivity contribution < 1.29 is 9.90 Å². The maximum Gasteiger partial charge on any atom is 0.407 e. The number of likely N-dealkylation sites (tertiary alicyclic amines) is 1. The molecule has 0 bridgehead atoms. The third kappa shape index (κ3) is 2.66. The number of hydrogen-bond acceptors (Lipinski definition) is 4. The Kier molecular flexibility index (Phi) is 3.97. The van der Waals surface area contributed by atoms with Crippen LogP contribution in [-0.2, 0) is 6.42 Å². The molecule has 3 N–H and O–H groups in total. The lowest BCUT2D eigenvalue weighted by molar-refractivity contribution is 0.144. The highest BCUT2D eigenvalue weighted by molar-refractivity contribution is 5.76. The number of nitrogens with zero attached hydrogens (tertiary/aromatic N) is 4. The first-order chi connectivity index (χ1) is 12.4. The Balaban J connectivity index is 1.55. The average molecular weight is 357 g/mol. The van der Waals surface area contributed by atoms with Crippen molar-refractivity contribution in [3.05, 3.63) is 23.5 Å². The summed E-state index contributed by atoms with van der Waals surface area (Å²) < 4.78 is 1.94. The van der Waals surface area contributed by atoms with E-state index in [9.17, 15) is 9.90 Å². The van der Waals surface area contributed by atoms with Crippen molar-refractivity contribution in [2.24, 2.45) is 5.41 Å². The van der Waals surface area contributed by atoms with E-state index in [1.54, 1.807) is 4.90 Å². The number of nitrogen functional groups attached to an aromatic ring is 1. The van der Waals surface area contributed by atoms with E-state index in [-0.39, 0.29) is 5.41 Å². The Labute approximate surface area is 153 Å². The molecule has 1 spiro atoms. The normalized spacial score (nSPS) is 19.6. The number of carbonyl (C=O) groups is 1. The fraction of sp³-hybridized carbons (Fsp3) is 0.579. The van der Waals surface area contributed by atoms with Gasteiger partial charge in [-0.2, -0.15) is 5.10 Å². The van der Waals surface area contributed by atoms with Gasteiger partial charge < -0.3 is 20.6 Å². The maximum atomic E-state index is 11.2. The largest absolute Gasteiger partial charge is 0.465 e. The van der Waals surface area contributed by atoms with Crippen molar-refractivity contribution in [3.63, 3.8) is 0 Å². The van der Waals surface area contributed by atoms with Crippen LogP contribution < -0.4 is 10.6 Å². The molecule has 0 saturated carbocycles. The number of fused-ring (bicyclic) bond motifs is 1. The molecular formula is C19H27N5O2. The van der Waals surface area contributed by atoms with Crippen LogP contribution in [0.2, 0.25) is 0 Å². The topological polar surface area (TPSA) is 87.1 Å². The molecule has 4 heterocycles. The highest BCUT2D eigenvalue weighted by atomic mass is 16.4. The highest BCUT2D eigenvalue weighted by Gasteiger charge is 2.42. The predicted molar refractivity (Wildman–Crippen MR) is 102 cm³/mol. The molecule has 1 amide bonds. The second-order valence-corrected chi connectivity index (χ2v) is 7.81. The van der Waals surface area contributed by atoms with Gasteiger partial charge in [0.05, 0.1) is 16.9 Å². The Hall–Kier alpha value is -2.44. The minimum Gasteiger partial charge on any atom is -0.465 e. The van der Waals surface area contributed by atoms with Crippen molar-refractivity contribution >= 4 is 23.0 Å². The molecule has 2 aromatic rings. The van der Waals surface area contributed by atoms with E-state index in [0.29, 0.717) is 13.1 Å². The first-order valence-electron chi connectivity index (χ1n) is 9.43. The molecule has 0 atom stereocenters. The van der Waals surface area contributed by atoms with E-state index < -0.39 is 6.09 Å². The van der Waals surface area contributed by atoms with Gasteiger partial charge in [0, 0.05) is 37.6 Å². The fourth-order valence-corrected chi connectivity index (χ4v) is 4.54. The van der Waals surface area contributed by atoms with E-state index in [1.165, 1.54) is 5.69 Å². The van der Waals surface area contributed by atoms with Crippen LogP contribution >= 0.6 is 0 Å². The zero-order valence-corrected chi connectivity index (χ0v) is 15.5. The van der Waals surface area contributed by atoms with E-state index in [1.807, 2.05) is 4.52 Å². The Morgan fingerprint density at radius 2 is 1.96 bits per heavy atom. The molecule has 2 aromatic heterocycles. The number of anilines is 2. The van der Waals surface area contributed by atoms with Crippen molar-refractivity contribution in [2.45, 2.75) is 39.5 Å². The highest BCUT2D eigenvalue weighted by Crippen LogP contribution is 2.41.